The topological polar surface area (TPSA) is 392 Å². The van der Waals surface area contributed by atoms with Gasteiger partial charge in [0.25, 0.3) is 11.8 Å². The summed E-state index contributed by atoms with van der Waals surface area (Å²) in [4.78, 5) is 86.6. The van der Waals surface area contributed by atoms with Crippen molar-refractivity contribution in [2.45, 2.75) is 78.3 Å². The number of hydrogen-bond donors (Lipinski definition) is 10. The first-order valence-corrected chi connectivity index (χ1v) is 21.5. The van der Waals surface area contributed by atoms with Gasteiger partial charge in [0.2, 0.25) is 0 Å². The van der Waals surface area contributed by atoms with Gasteiger partial charge >= 0.3 is 35.8 Å². The number of anilines is 2. The van der Waals surface area contributed by atoms with E-state index in [0.717, 1.165) is 22.5 Å². The van der Waals surface area contributed by atoms with Crippen molar-refractivity contribution in [3.8, 4) is 0 Å². The number of carboxylic acids is 6. The second-order valence-corrected chi connectivity index (χ2v) is 17.3. The molecule has 2 aromatic carbocycles. The third-order valence-electron chi connectivity index (χ3n) is 9.85. The van der Waals surface area contributed by atoms with Crippen molar-refractivity contribution in [3.05, 3.63) is 142 Å². The Kier molecular flexibility index (Phi) is 23.0. The van der Waals surface area contributed by atoms with E-state index in [1.54, 1.807) is 0 Å². The van der Waals surface area contributed by atoms with Gasteiger partial charge in [0.05, 0.1) is 11.4 Å². The second-order valence-electron chi connectivity index (χ2n) is 17.3. The van der Waals surface area contributed by atoms with Crippen LogP contribution in [-0.2, 0) is 65.5 Å². The summed E-state index contributed by atoms with van der Waals surface area (Å²) in [5.41, 5.74) is 12.9. The van der Waals surface area contributed by atoms with Crippen LogP contribution in [0.15, 0.2) is 97.1 Å². The van der Waals surface area contributed by atoms with Crippen molar-refractivity contribution in [2.75, 3.05) is 23.9 Å². The van der Waals surface area contributed by atoms with Gasteiger partial charge in [-0.05, 0) is 69.5 Å². The average molecular weight is 999 g/mol. The van der Waals surface area contributed by atoms with E-state index < -0.39 is 35.8 Å². The molecule has 2 aromatic heterocycles. The van der Waals surface area contributed by atoms with Crippen LogP contribution in [0.1, 0.15) is 95.9 Å². The zero-order valence-corrected chi connectivity index (χ0v) is 40.3. The summed E-state index contributed by atoms with van der Waals surface area (Å²) in [6.07, 6.45) is 4.76. The highest BCUT2D eigenvalue weighted by Gasteiger charge is 2.26. The van der Waals surface area contributed by atoms with Crippen LogP contribution in [0.25, 0.3) is 0 Å². The smallest absolute Gasteiger partial charge is 0.328 e. The van der Waals surface area contributed by atoms with Gasteiger partial charge in [-0.2, -0.15) is 10.2 Å². The average Bonchev–Trinajstić information content (AvgIpc) is 3.33. The lowest BCUT2D eigenvalue weighted by Crippen LogP contribution is -2.36. The van der Waals surface area contributed by atoms with Crippen molar-refractivity contribution >= 4 is 59.3 Å². The van der Waals surface area contributed by atoms with Gasteiger partial charge in [0.1, 0.15) is 0 Å². The fraction of sp³-hybridized carbons (Fsp3) is 0.292. The Morgan fingerprint density at radius 1 is 0.472 bits per heavy atom. The number of carbonyl (C=O) groups excluding carboxylic acids is 2. The Balaban J connectivity index is 0.000000343. The minimum Gasteiger partial charge on any atom is -0.478 e. The minimum absolute atomic E-state index is 0.0418. The van der Waals surface area contributed by atoms with Crippen LogP contribution in [0.5, 0.6) is 0 Å². The van der Waals surface area contributed by atoms with Crippen molar-refractivity contribution in [1.82, 2.24) is 30.2 Å². The summed E-state index contributed by atoms with van der Waals surface area (Å²) in [6.45, 7) is 15.3. The third kappa shape index (κ3) is 21.2. The number of carbonyl (C=O) groups is 8. The Hall–Kier alpha value is -8.90. The standard InChI is InChI=1S/2C18H23N5O.3C4H4O4/c2*1-18(2,3)14-6-4-12(5-7-14)17(24)23-9-8-15-13(11-23)10-16(20-19)22-21-15;3*5-3(6)1-2-4(7)8/h2*4-7,10H,8-9,11,19H2,1-3H3,(H,20,22);3*1-2H,(H,5,6)(H,7,8)/b;;3*2-1+. The molecule has 0 saturated carbocycles. The van der Waals surface area contributed by atoms with E-state index >= 15 is 0 Å². The SMILES string of the molecule is CC(C)(C)c1ccc(C(=O)N2CCc3nnc(NN)cc3C2)cc1.CC(C)(C)c1ccc(C(=O)N2CCc3nnc(NN)cc3C2)cc1.O=C(O)/C=C/C(=O)O.O=C(O)/C=C/C(=O)O.O=C(O)/C=C/C(=O)O. The molecule has 24 heteroatoms. The van der Waals surface area contributed by atoms with Crippen LogP contribution in [0.2, 0.25) is 0 Å². The van der Waals surface area contributed by atoms with E-state index in [1.807, 2.05) is 70.5 Å². The number of nitrogens with zero attached hydrogens (tertiary/aromatic N) is 6. The molecule has 6 rings (SSSR count). The molecule has 2 aliphatic rings. The zero-order valence-electron chi connectivity index (χ0n) is 40.3. The molecule has 0 atom stereocenters. The molecule has 0 bridgehead atoms. The summed E-state index contributed by atoms with van der Waals surface area (Å²) < 4.78 is 0. The van der Waals surface area contributed by atoms with Crippen LogP contribution >= 0.6 is 0 Å². The summed E-state index contributed by atoms with van der Waals surface area (Å²) in [6, 6.07) is 19.5. The fourth-order valence-corrected chi connectivity index (χ4v) is 6.16. The lowest BCUT2D eigenvalue weighted by molar-refractivity contribution is -0.134. The number of rotatable bonds is 10. The van der Waals surface area contributed by atoms with E-state index in [2.05, 4.69) is 72.8 Å². The normalized spacial score (nSPS) is 12.7. The minimum atomic E-state index is -1.26. The van der Waals surface area contributed by atoms with Crippen LogP contribution in [0.3, 0.4) is 0 Å². The van der Waals surface area contributed by atoms with E-state index in [0.29, 0.717) is 98.2 Å². The van der Waals surface area contributed by atoms with E-state index in [9.17, 15) is 38.4 Å². The first kappa shape index (κ1) is 59.2. The number of aromatic nitrogens is 4. The van der Waals surface area contributed by atoms with Gasteiger partial charge in [-0.1, -0.05) is 65.8 Å². The number of amides is 2. The number of fused-ring (bicyclic) bond motifs is 2. The molecular formula is C48H58N10O14. The molecule has 72 heavy (non-hydrogen) atoms. The van der Waals surface area contributed by atoms with Gasteiger partial charge < -0.3 is 51.3 Å². The molecule has 24 nitrogen and oxygen atoms in total. The van der Waals surface area contributed by atoms with Gasteiger partial charge in [0.15, 0.2) is 11.6 Å². The van der Waals surface area contributed by atoms with Gasteiger partial charge in [-0.15, -0.1) is 10.2 Å². The number of aliphatic carboxylic acids is 6. The van der Waals surface area contributed by atoms with E-state index in [4.69, 9.17) is 42.3 Å². The van der Waals surface area contributed by atoms with Gasteiger partial charge in [0, 0.05) is 86.6 Å². The van der Waals surface area contributed by atoms with Crippen LogP contribution in [0, 0.1) is 0 Å². The van der Waals surface area contributed by atoms with Crippen molar-refractivity contribution in [3.63, 3.8) is 0 Å². The molecule has 0 aliphatic carbocycles. The Morgan fingerprint density at radius 2 is 0.736 bits per heavy atom. The van der Waals surface area contributed by atoms with Gasteiger partial charge in [-0.3, -0.25) is 9.59 Å². The van der Waals surface area contributed by atoms with Crippen LogP contribution in [0.4, 0.5) is 11.6 Å². The second kappa shape index (κ2) is 27.9. The molecule has 0 saturated heterocycles. The molecule has 0 spiro atoms. The number of nitrogen functional groups attached to an aromatic ring is 2. The molecular weight excluding hydrogens is 941 g/mol. The monoisotopic (exact) mass is 998 g/mol. The Labute approximate surface area is 413 Å². The van der Waals surface area contributed by atoms with Crippen molar-refractivity contribution in [1.29, 1.82) is 0 Å². The number of hydrazine groups is 2. The molecule has 4 aromatic rings. The number of carboxylic acid groups (broad SMARTS) is 6. The summed E-state index contributed by atoms with van der Waals surface area (Å²) in [5.74, 6) is 4.33. The van der Waals surface area contributed by atoms with E-state index in [-0.39, 0.29) is 22.6 Å². The molecule has 12 N–H and O–H groups in total. The van der Waals surface area contributed by atoms with Crippen molar-refractivity contribution in [2.24, 2.45) is 11.7 Å². The first-order chi connectivity index (χ1) is 33.6. The maximum atomic E-state index is 12.8. The maximum Gasteiger partial charge on any atom is 0.328 e. The fourth-order valence-electron chi connectivity index (χ4n) is 6.16. The number of nitrogens with two attached hydrogens (primary N) is 2. The Bertz CT molecular complexity index is 2400. The molecule has 2 amide bonds. The molecule has 4 heterocycles. The van der Waals surface area contributed by atoms with E-state index in [1.165, 1.54) is 11.1 Å². The molecule has 0 radical (unpaired) electrons. The maximum absolute atomic E-state index is 12.8. The molecule has 2 aliphatic heterocycles. The number of nitrogens with one attached hydrogen (secondary N) is 2. The molecule has 0 fully saturated rings. The molecule has 0 unspecified atom stereocenters. The summed E-state index contributed by atoms with van der Waals surface area (Å²) in [7, 11) is 0. The van der Waals surface area contributed by atoms with Crippen molar-refractivity contribution < 1.29 is 69.0 Å². The number of benzene rings is 2. The Morgan fingerprint density at radius 3 is 0.958 bits per heavy atom. The number of hydrogen-bond acceptors (Lipinski definition) is 16. The first-order valence-electron chi connectivity index (χ1n) is 21.5. The largest absolute Gasteiger partial charge is 0.478 e. The highest BCUT2D eigenvalue weighted by molar-refractivity contribution is 5.95. The molecule has 384 valence electrons. The van der Waals surface area contributed by atoms with Gasteiger partial charge in [-0.25, -0.2) is 40.5 Å². The quantitative estimate of drug-likeness (QED) is 0.0615. The highest BCUT2D eigenvalue weighted by Crippen LogP contribution is 2.26. The highest BCUT2D eigenvalue weighted by atomic mass is 16.4. The predicted octanol–water partition coefficient (Wildman–Crippen LogP) is 3.65. The van der Waals surface area contributed by atoms with Crippen LogP contribution < -0.4 is 22.5 Å². The summed E-state index contributed by atoms with van der Waals surface area (Å²) >= 11 is 0. The lowest BCUT2D eigenvalue weighted by atomic mass is 9.86. The van der Waals surface area contributed by atoms with Crippen LogP contribution in [-0.4, -0.2) is 122 Å². The zero-order chi connectivity index (χ0) is 54.3. The third-order valence-corrected chi connectivity index (χ3v) is 9.85. The lowest BCUT2D eigenvalue weighted by Gasteiger charge is -2.28. The predicted molar refractivity (Wildman–Crippen MR) is 260 cm³/mol. The summed E-state index contributed by atoms with van der Waals surface area (Å²) in [5, 5.41) is 63.2.